The van der Waals surface area contributed by atoms with Crippen LogP contribution in [0.1, 0.15) is 12.2 Å². The smallest absolute Gasteiger partial charge is 0.296 e. The van der Waals surface area contributed by atoms with E-state index in [1.165, 1.54) is 11.7 Å². The summed E-state index contributed by atoms with van der Waals surface area (Å²) in [5.74, 6) is 0.336. The number of benzene rings is 1. The average molecular weight is 361 g/mol. The maximum absolute atomic E-state index is 13.6. The lowest BCUT2D eigenvalue weighted by atomic mass is 10.3. The number of hydrogen-bond acceptors (Lipinski definition) is 7. The van der Waals surface area contributed by atoms with Gasteiger partial charge in [0.2, 0.25) is 18.2 Å². The van der Waals surface area contributed by atoms with Gasteiger partial charge in [-0.15, -0.1) is 0 Å². The summed E-state index contributed by atoms with van der Waals surface area (Å²) in [6, 6.07) is 5.02. The molecule has 0 amide bonds. The van der Waals surface area contributed by atoms with Gasteiger partial charge in [0.1, 0.15) is 11.3 Å². The highest BCUT2D eigenvalue weighted by Crippen LogP contribution is 2.31. The summed E-state index contributed by atoms with van der Waals surface area (Å²) < 4.78 is 39.0. The highest BCUT2D eigenvalue weighted by atomic mass is 19.3. The number of imidazole rings is 1. The first kappa shape index (κ1) is 16.6. The summed E-state index contributed by atoms with van der Waals surface area (Å²) in [4.78, 5) is 18.3. The third-order valence-electron chi connectivity index (χ3n) is 4.08. The van der Waals surface area contributed by atoms with Crippen LogP contribution in [-0.2, 0) is 4.74 Å². The lowest BCUT2D eigenvalue weighted by Gasteiger charge is -2.26. The van der Waals surface area contributed by atoms with Gasteiger partial charge in [0.15, 0.2) is 5.82 Å². The van der Waals surface area contributed by atoms with E-state index in [1.807, 2.05) is 4.90 Å². The van der Waals surface area contributed by atoms with Crippen LogP contribution >= 0.6 is 0 Å². The first-order valence-corrected chi connectivity index (χ1v) is 7.97. The Bertz CT molecular complexity index is 926. The predicted molar refractivity (Wildman–Crippen MR) is 87.8 cm³/mol. The van der Waals surface area contributed by atoms with Crippen molar-refractivity contribution in [3.8, 4) is 11.7 Å². The molecular formula is C16H15F2N6O2. The molecule has 3 aromatic rings. The molecule has 1 radical (unpaired) electrons. The maximum atomic E-state index is 13.6. The minimum absolute atomic E-state index is 0.0348. The fourth-order valence-corrected chi connectivity index (χ4v) is 2.87. The Morgan fingerprint density at radius 1 is 1.15 bits per heavy atom. The Kier molecular flexibility index (Phi) is 4.33. The summed E-state index contributed by atoms with van der Waals surface area (Å²) in [6.07, 6.45) is -0.305. The van der Waals surface area contributed by atoms with Crippen molar-refractivity contribution in [1.82, 2.24) is 24.5 Å². The van der Waals surface area contributed by atoms with Crippen LogP contribution < -0.4 is 9.64 Å². The molecule has 0 N–H and O–H groups in total. The second-order valence-electron chi connectivity index (χ2n) is 5.57. The molecule has 1 aromatic carbocycles. The predicted octanol–water partition coefficient (Wildman–Crippen LogP) is 1.79. The van der Waals surface area contributed by atoms with E-state index in [-0.39, 0.29) is 5.95 Å². The molecule has 8 nitrogen and oxygen atoms in total. The lowest BCUT2D eigenvalue weighted by Crippen LogP contribution is -2.37. The summed E-state index contributed by atoms with van der Waals surface area (Å²) in [7, 11) is 1.46. The van der Waals surface area contributed by atoms with Crippen molar-refractivity contribution in [3.63, 3.8) is 0 Å². The zero-order chi connectivity index (χ0) is 18.1. The molecule has 2 aromatic heterocycles. The van der Waals surface area contributed by atoms with Crippen LogP contribution in [0.15, 0.2) is 18.2 Å². The van der Waals surface area contributed by atoms with Crippen LogP contribution in [0.4, 0.5) is 14.7 Å². The van der Waals surface area contributed by atoms with E-state index >= 15 is 0 Å². The van der Waals surface area contributed by atoms with E-state index in [0.29, 0.717) is 49.0 Å². The topological polar surface area (TPSA) is 78.2 Å². The monoisotopic (exact) mass is 361 g/mol. The molecule has 0 unspecified atom stereocenters. The van der Waals surface area contributed by atoms with Crippen LogP contribution in [-0.4, -0.2) is 57.9 Å². The molecule has 0 atom stereocenters. The van der Waals surface area contributed by atoms with E-state index in [2.05, 4.69) is 26.3 Å². The number of rotatable bonds is 4. The highest BCUT2D eigenvalue weighted by Gasteiger charge is 2.24. The number of nitrogens with zero attached hydrogens (tertiary/aromatic N) is 6. The second-order valence-corrected chi connectivity index (χ2v) is 5.57. The van der Waals surface area contributed by atoms with Gasteiger partial charge in [-0.1, -0.05) is 6.07 Å². The standard InChI is InChI=1S/C16H15F2N6O2/c1-25-11-4-2-3-10-12(11)21-14(13(17)18)24(10)16-20-9-19-15(22-16)23-5-7-26-8-6-23/h2-4,13H,5-8H2,1H3. The van der Waals surface area contributed by atoms with Gasteiger partial charge in [-0.2, -0.15) is 15.0 Å². The third-order valence-corrected chi connectivity index (χ3v) is 4.08. The molecule has 1 fully saturated rings. The van der Waals surface area contributed by atoms with E-state index in [4.69, 9.17) is 9.47 Å². The van der Waals surface area contributed by atoms with Crippen molar-refractivity contribution in [3.05, 3.63) is 30.4 Å². The number of fused-ring (bicyclic) bond motifs is 1. The maximum Gasteiger partial charge on any atom is 0.296 e. The number of morpholine rings is 1. The SMILES string of the molecule is COc1cccc2c1nc(C(F)F)n2-c1n[c]nc(N2CCOCC2)n1. The van der Waals surface area contributed by atoms with Gasteiger partial charge in [-0.05, 0) is 12.1 Å². The Hall–Kier alpha value is -2.88. The van der Waals surface area contributed by atoms with Gasteiger partial charge in [0.05, 0.1) is 25.8 Å². The van der Waals surface area contributed by atoms with Gasteiger partial charge in [0.25, 0.3) is 6.43 Å². The largest absolute Gasteiger partial charge is 0.494 e. The number of methoxy groups -OCH3 is 1. The van der Waals surface area contributed by atoms with Crippen LogP contribution in [0.25, 0.3) is 17.0 Å². The number of aromatic nitrogens is 5. The minimum atomic E-state index is -2.81. The fraction of sp³-hybridized carbons (Fsp3) is 0.375. The molecule has 1 aliphatic heterocycles. The zero-order valence-electron chi connectivity index (χ0n) is 13.9. The fourth-order valence-electron chi connectivity index (χ4n) is 2.87. The van der Waals surface area contributed by atoms with Gasteiger partial charge in [-0.3, -0.25) is 4.57 Å². The highest BCUT2D eigenvalue weighted by molar-refractivity contribution is 5.83. The molecule has 4 rings (SSSR count). The van der Waals surface area contributed by atoms with Crippen LogP contribution in [0.5, 0.6) is 5.75 Å². The molecule has 135 valence electrons. The number of alkyl halides is 2. The molecular weight excluding hydrogens is 346 g/mol. The first-order valence-electron chi connectivity index (χ1n) is 7.97. The minimum Gasteiger partial charge on any atom is -0.494 e. The van der Waals surface area contributed by atoms with E-state index < -0.39 is 12.2 Å². The second kappa shape index (κ2) is 6.79. The van der Waals surface area contributed by atoms with Crippen molar-refractivity contribution < 1.29 is 18.3 Å². The lowest BCUT2D eigenvalue weighted by molar-refractivity contribution is 0.122. The summed E-state index contributed by atoms with van der Waals surface area (Å²) in [6.45, 7) is 2.32. The van der Waals surface area contributed by atoms with Crippen molar-refractivity contribution in [2.24, 2.45) is 0 Å². The quantitative estimate of drug-likeness (QED) is 0.701. The summed E-state index contributed by atoms with van der Waals surface area (Å²) in [5.41, 5.74) is 0.741. The Morgan fingerprint density at radius 3 is 2.65 bits per heavy atom. The number of anilines is 1. The molecule has 0 spiro atoms. The molecule has 3 heterocycles. The van der Waals surface area contributed by atoms with Gasteiger partial charge < -0.3 is 14.4 Å². The van der Waals surface area contributed by atoms with E-state index in [9.17, 15) is 8.78 Å². The zero-order valence-corrected chi connectivity index (χ0v) is 13.9. The first-order chi connectivity index (χ1) is 12.7. The van der Waals surface area contributed by atoms with Crippen molar-refractivity contribution in [2.45, 2.75) is 6.43 Å². The van der Waals surface area contributed by atoms with Gasteiger partial charge in [-0.25, -0.2) is 13.8 Å². The van der Waals surface area contributed by atoms with Crippen molar-refractivity contribution >= 4 is 17.0 Å². The van der Waals surface area contributed by atoms with E-state index in [0.717, 1.165) is 0 Å². The molecule has 10 heteroatoms. The number of para-hydroxylation sites is 1. The number of ether oxygens (including phenoxy) is 2. The van der Waals surface area contributed by atoms with Crippen molar-refractivity contribution in [2.75, 3.05) is 38.3 Å². The van der Waals surface area contributed by atoms with Crippen LogP contribution in [0.3, 0.4) is 0 Å². The van der Waals surface area contributed by atoms with Gasteiger partial charge >= 0.3 is 0 Å². The normalized spacial score (nSPS) is 15.0. The molecule has 0 aliphatic carbocycles. The Morgan fingerprint density at radius 2 is 1.92 bits per heavy atom. The number of halogens is 2. The van der Waals surface area contributed by atoms with Gasteiger partial charge in [0, 0.05) is 13.1 Å². The van der Waals surface area contributed by atoms with Crippen LogP contribution in [0.2, 0.25) is 0 Å². The van der Waals surface area contributed by atoms with Crippen LogP contribution in [0, 0.1) is 6.33 Å². The summed E-state index contributed by atoms with van der Waals surface area (Å²) >= 11 is 0. The molecule has 0 bridgehead atoms. The molecule has 1 saturated heterocycles. The van der Waals surface area contributed by atoms with E-state index in [1.54, 1.807) is 18.2 Å². The summed E-state index contributed by atoms with van der Waals surface area (Å²) in [5, 5.41) is 0. The van der Waals surface area contributed by atoms with Crippen molar-refractivity contribution in [1.29, 1.82) is 0 Å². The number of hydrogen-bond donors (Lipinski definition) is 0. The molecule has 1 aliphatic rings. The molecule has 0 saturated carbocycles. The Labute approximate surface area is 147 Å². The third kappa shape index (κ3) is 2.81. The molecule has 26 heavy (non-hydrogen) atoms. The Balaban J connectivity index is 1.87. The average Bonchev–Trinajstić information content (AvgIpc) is 3.09.